The molecule has 7 rings (SSSR count). The number of nitrogens with zero attached hydrogens (tertiary/aromatic N) is 2. The van der Waals surface area contributed by atoms with E-state index in [2.05, 4.69) is 19.9 Å². The van der Waals surface area contributed by atoms with Crippen molar-refractivity contribution < 1.29 is 23.8 Å². The highest BCUT2D eigenvalue weighted by atomic mass is 19.1. The monoisotopic (exact) mass is 616 g/mol. The molecule has 0 saturated heterocycles. The van der Waals surface area contributed by atoms with Crippen molar-refractivity contribution in [3.63, 3.8) is 0 Å². The molecule has 1 amide bonds. The fraction of sp³-hybridized carbons (Fsp3) is 0.189. The van der Waals surface area contributed by atoms with Gasteiger partial charge in [0.1, 0.15) is 11.6 Å². The van der Waals surface area contributed by atoms with E-state index in [1.165, 1.54) is 12.1 Å². The smallest absolute Gasteiger partial charge is 0.253 e. The van der Waals surface area contributed by atoms with E-state index in [4.69, 9.17) is 9.47 Å². The number of hydrogen-bond donors (Lipinski definition) is 3. The Hall–Kier alpha value is -5.41. The van der Waals surface area contributed by atoms with Gasteiger partial charge >= 0.3 is 0 Å². The molecule has 0 radical (unpaired) electrons. The van der Waals surface area contributed by atoms with Crippen LogP contribution in [-0.4, -0.2) is 52.4 Å². The van der Waals surface area contributed by atoms with Gasteiger partial charge in [0.25, 0.3) is 5.91 Å². The van der Waals surface area contributed by atoms with Crippen molar-refractivity contribution in [3.8, 4) is 45.3 Å². The molecule has 1 aliphatic heterocycles. The van der Waals surface area contributed by atoms with E-state index in [-0.39, 0.29) is 18.3 Å². The summed E-state index contributed by atoms with van der Waals surface area (Å²) in [5.74, 6) is 0.428. The molecule has 0 bridgehead atoms. The van der Waals surface area contributed by atoms with E-state index in [1.807, 2.05) is 66.9 Å². The number of rotatable bonds is 9. The Morgan fingerprint density at radius 1 is 1.02 bits per heavy atom. The van der Waals surface area contributed by atoms with Gasteiger partial charge < -0.3 is 29.4 Å². The van der Waals surface area contributed by atoms with E-state index < -0.39 is 6.04 Å². The van der Waals surface area contributed by atoms with Crippen molar-refractivity contribution in [2.24, 2.45) is 0 Å². The number of hydrogen-bond acceptors (Lipinski definition) is 5. The van der Waals surface area contributed by atoms with E-state index in [0.717, 1.165) is 44.4 Å². The number of para-hydroxylation sites is 1. The number of ether oxygens (including phenoxy) is 2. The molecule has 232 valence electrons. The summed E-state index contributed by atoms with van der Waals surface area (Å²) in [5.41, 5.74) is 8.03. The summed E-state index contributed by atoms with van der Waals surface area (Å²) in [6.07, 6.45) is 4.70. The van der Waals surface area contributed by atoms with Gasteiger partial charge in [-0.1, -0.05) is 30.3 Å². The van der Waals surface area contributed by atoms with Crippen LogP contribution in [0.15, 0.2) is 91.3 Å². The van der Waals surface area contributed by atoms with Crippen LogP contribution in [0.2, 0.25) is 0 Å². The predicted octanol–water partition coefficient (Wildman–Crippen LogP) is 6.41. The van der Waals surface area contributed by atoms with Crippen LogP contribution in [0.25, 0.3) is 44.5 Å². The number of carbonyl (C=O) groups excluding carboxylic acids is 1. The molecule has 8 nitrogen and oxygen atoms in total. The second kappa shape index (κ2) is 12.2. The number of aromatic amines is 1. The zero-order chi connectivity index (χ0) is 31.8. The number of nitrogens with one attached hydrogen (secondary N) is 2. The third-order valence-corrected chi connectivity index (χ3v) is 8.70. The Kier molecular flexibility index (Phi) is 7.76. The summed E-state index contributed by atoms with van der Waals surface area (Å²) in [7, 11) is 3.22. The van der Waals surface area contributed by atoms with Crippen LogP contribution in [0.3, 0.4) is 0 Å². The summed E-state index contributed by atoms with van der Waals surface area (Å²) in [5, 5.41) is 14.4. The first-order valence-electron chi connectivity index (χ1n) is 15.2. The number of amides is 1. The standard InChI is InChI=1S/C37H33FN4O4/c1-45-34-17-22-12-14-42-33(29(22)18-30(34)28-10-6-13-39-37(28)46-2)19-31(35(42)23-7-5-8-25(38)15-23)36(44)41-26(21-43)16-24-20-40-32-11-4-3-9-27(24)32/h3-11,13,15,17-20,26,40,43H,12,14,16,21H2,1-2H3,(H,41,44)/t26-/m1/s1. The molecule has 9 heteroatoms. The first kappa shape index (κ1) is 29.3. The molecule has 4 heterocycles. The average molecular weight is 617 g/mol. The average Bonchev–Trinajstić information content (AvgIpc) is 3.69. The number of H-pyrrole nitrogens is 1. The lowest BCUT2D eigenvalue weighted by Crippen LogP contribution is -2.39. The molecule has 1 atom stereocenters. The van der Waals surface area contributed by atoms with Crippen LogP contribution in [0.5, 0.6) is 11.6 Å². The van der Waals surface area contributed by atoms with Crippen molar-refractivity contribution in [1.82, 2.24) is 19.9 Å². The number of benzene rings is 3. The quantitative estimate of drug-likeness (QED) is 0.174. The molecule has 6 aromatic rings. The van der Waals surface area contributed by atoms with Crippen LogP contribution in [0.1, 0.15) is 21.5 Å². The molecule has 3 aromatic heterocycles. The molecular weight excluding hydrogens is 583 g/mol. The third-order valence-electron chi connectivity index (χ3n) is 8.70. The number of methoxy groups -OCH3 is 2. The van der Waals surface area contributed by atoms with Gasteiger partial charge in [0.05, 0.1) is 38.1 Å². The lowest BCUT2D eigenvalue weighted by Gasteiger charge is -2.24. The number of halogens is 1. The maximum atomic E-state index is 14.6. The molecule has 0 spiro atoms. The number of aromatic nitrogens is 3. The normalized spacial score (nSPS) is 12.8. The van der Waals surface area contributed by atoms with Gasteiger partial charge in [-0.25, -0.2) is 9.37 Å². The number of aryl methyl sites for hydroxylation is 1. The van der Waals surface area contributed by atoms with Crippen LogP contribution >= 0.6 is 0 Å². The van der Waals surface area contributed by atoms with Crippen molar-refractivity contribution >= 4 is 16.8 Å². The molecule has 0 unspecified atom stereocenters. The summed E-state index contributed by atoms with van der Waals surface area (Å²) in [4.78, 5) is 21.7. The zero-order valence-electron chi connectivity index (χ0n) is 25.5. The van der Waals surface area contributed by atoms with Gasteiger partial charge in [0.15, 0.2) is 0 Å². The number of carbonyl (C=O) groups is 1. The molecule has 0 saturated carbocycles. The lowest BCUT2D eigenvalue weighted by molar-refractivity contribution is 0.0917. The van der Waals surface area contributed by atoms with Gasteiger partial charge in [-0.3, -0.25) is 4.79 Å². The maximum Gasteiger partial charge on any atom is 0.253 e. The van der Waals surface area contributed by atoms with E-state index in [9.17, 15) is 14.3 Å². The summed E-state index contributed by atoms with van der Waals surface area (Å²) in [6, 6.07) is 23.4. The topological polar surface area (TPSA) is 101 Å². The Balaban J connectivity index is 1.32. The van der Waals surface area contributed by atoms with Crippen molar-refractivity contribution in [3.05, 3.63) is 114 Å². The van der Waals surface area contributed by atoms with Gasteiger partial charge in [0, 0.05) is 57.8 Å². The van der Waals surface area contributed by atoms with Crippen LogP contribution in [0.4, 0.5) is 4.39 Å². The van der Waals surface area contributed by atoms with Crippen molar-refractivity contribution in [2.45, 2.75) is 25.4 Å². The zero-order valence-corrected chi connectivity index (χ0v) is 25.5. The van der Waals surface area contributed by atoms with Gasteiger partial charge in [-0.2, -0.15) is 0 Å². The highest BCUT2D eigenvalue weighted by molar-refractivity contribution is 6.03. The van der Waals surface area contributed by atoms with Gasteiger partial charge in [-0.05, 0) is 72.5 Å². The second-order valence-corrected chi connectivity index (χ2v) is 11.4. The van der Waals surface area contributed by atoms with E-state index in [1.54, 1.807) is 26.5 Å². The molecule has 1 aliphatic rings. The van der Waals surface area contributed by atoms with Crippen LogP contribution in [0, 0.1) is 5.82 Å². The third kappa shape index (κ3) is 5.18. The molecule has 0 aliphatic carbocycles. The fourth-order valence-electron chi connectivity index (χ4n) is 6.55. The van der Waals surface area contributed by atoms with Crippen molar-refractivity contribution in [2.75, 3.05) is 20.8 Å². The minimum absolute atomic E-state index is 0.243. The lowest BCUT2D eigenvalue weighted by atomic mass is 9.93. The maximum absolute atomic E-state index is 14.6. The number of aliphatic hydroxyl groups excluding tert-OH is 1. The Morgan fingerprint density at radius 3 is 2.70 bits per heavy atom. The largest absolute Gasteiger partial charge is 0.496 e. The van der Waals surface area contributed by atoms with Gasteiger partial charge in [-0.15, -0.1) is 0 Å². The fourth-order valence-corrected chi connectivity index (χ4v) is 6.55. The number of aliphatic hydroxyl groups is 1. The Labute approximate surface area is 265 Å². The summed E-state index contributed by atoms with van der Waals surface area (Å²) in [6.45, 7) is 0.339. The highest BCUT2D eigenvalue weighted by Gasteiger charge is 2.29. The Morgan fingerprint density at radius 2 is 1.89 bits per heavy atom. The SMILES string of the molecule is COc1cc2c(cc1-c1cccnc1OC)-c1cc(C(=O)N[C@@H](CO)Cc3c[nH]c4ccccc34)c(-c3cccc(F)c3)n1CC2. The first-order valence-corrected chi connectivity index (χ1v) is 15.2. The molecular formula is C37H33FN4O4. The Bertz CT molecular complexity index is 2080. The minimum Gasteiger partial charge on any atom is -0.496 e. The second-order valence-electron chi connectivity index (χ2n) is 11.4. The molecule has 3 N–H and O–H groups in total. The van der Waals surface area contributed by atoms with Gasteiger partial charge in [0.2, 0.25) is 5.88 Å². The molecule has 3 aromatic carbocycles. The molecule has 46 heavy (non-hydrogen) atoms. The van der Waals surface area contributed by atoms with Crippen LogP contribution < -0.4 is 14.8 Å². The summed E-state index contributed by atoms with van der Waals surface area (Å²) >= 11 is 0. The van der Waals surface area contributed by atoms with Crippen LogP contribution in [-0.2, 0) is 19.4 Å². The molecule has 0 fully saturated rings. The minimum atomic E-state index is -0.537. The number of fused-ring (bicyclic) bond motifs is 4. The highest BCUT2D eigenvalue weighted by Crippen LogP contribution is 2.44. The first-order chi connectivity index (χ1) is 22.5. The van der Waals surface area contributed by atoms with E-state index in [0.29, 0.717) is 47.8 Å². The van der Waals surface area contributed by atoms with E-state index >= 15 is 0 Å². The number of pyridine rings is 1. The predicted molar refractivity (Wildman–Crippen MR) is 176 cm³/mol. The summed E-state index contributed by atoms with van der Waals surface area (Å²) < 4.78 is 28.0. The van der Waals surface area contributed by atoms with Crippen molar-refractivity contribution in [1.29, 1.82) is 0 Å².